The summed E-state index contributed by atoms with van der Waals surface area (Å²) in [7, 11) is 0. The maximum Gasteiger partial charge on any atom is 0.248 e. The quantitative estimate of drug-likeness (QED) is 0.744. The summed E-state index contributed by atoms with van der Waals surface area (Å²) in [4.78, 5) is 19.5. The normalized spacial score (nSPS) is 10.8. The Morgan fingerprint density at radius 1 is 1.21 bits per heavy atom. The molecule has 0 saturated carbocycles. The first kappa shape index (κ1) is 11.3. The first-order chi connectivity index (χ1) is 9.15. The van der Waals surface area contributed by atoms with Crippen LogP contribution in [0.2, 0.25) is 0 Å². The van der Waals surface area contributed by atoms with Crippen LogP contribution in [0.25, 0.3) is 16.6 Å². The number of nitrogens with two attached hydrogens (primary N) is 1. The van der Waals surface area contributed by atoms with Crippen LogP contribution in [0, 0.1) is 6.92 Å². The van der Waals surface area contributed by atoms with Gasteiger partial charge in [-0.1, -0.05) is 6.07 Å². The van der Waals surface area contributed by atoms with Crippen molar-refractivity contribution >= 4 is 16.8 Å². The van der Waals surface area contributed by atoms with E-state index in [9.17, 15) is 4.79 Å². The average molecular weight is 253 g/mol. The molecule has 3 aromatic rings. The Labute approximate surface area is 108 Å². The predicted octanol–water partition coefficient (Wildman–Crippen LogP) is 1.22. The van der Waals surface area contributed by atoms with E-state index in [0.717, 1.165) is 16.6 Å². The van der Waals surface area contributed by atoms with Crippen LogP contribution in [0.15, 0.2) is 36.8 Å². The van der Waals surface area contributed by atoms with Crippen LogP contribution in [0.4, 0.5) is 0 Å². The number of aryl methyl sites for hydroxylation is 1. The van der Waals surface area contributed by atoms with Gasteiger partial charge in [0.2, 0.25) is 5.91 Å². The standard InChI is InChI=1S/C13H11N5O/c1-8-15-6-11(7-16-8)18-12-4-9(13(14)19)2-3-10(12)5-17-18/h2-7H,1H3,(H2,14,19). The number of rotatable bonds is 2. The number of primary amides is 1. The zero-order valence-corrected chi connectivity index (χ0v) is 10.2. The van der Waals surface area contributed by atoms with Gasteiger partial charge >= 0.3 is 0 Å². The SMILES string of the molecule is Cc1ncc(-n2ncc3ccc(C(N)=O)cc32)cn1. The molecule has 0 saturated heterocycles. The number of aromatic nitrogens is 4. The fraction of sp³-hybridized carbons (Fsp3) is 0.0769. The molecule has 0 fully saturated rings. The van der Waals surface area contributed by atoms with Gasteiger partial charge in [0.25, 0.3) is 0 Å². The fourth-order valence-corrected chi connectivity index (χ4v) is 1.87. The lowest BCUT2D eigenvalue weighted by molar-refractivity contribution is 0.100. The van der Waals surface area contributed by atoms with Gasteiger partial charge in [-0.15, -0.1) is 0 Å². The van der Waals surface area contributed by atoms with Crippen LogP contribution in [0.1, 0.15) is 16.2 Å². The van der Waals surface area contributed by atoms with Gasteiger partial charge in [-0.2, -0.15) is 5.10 Å². The van der Waals surface area contributed by atoms with Gasteiger partial charge in [0.1, 0.15) is 11.5 Å². The Hall–Kier alpha value is -2.76. The van der Waals surface area contributed by atoms with E-state index in [1.54, 1.807) is 35.4 Å². The summed E-state index contributed by atoms with van der Waals surface area (Å²) >= 11 is 0. The van der Waals surface area contributed by atoms with Crippen LogP contribution in [-0.4, -0.2) is 25.7 Å². The number of carbonyl (C=O) groups excluding carboxylic acids is 1. The molecule has 2 heterocycles. The van der Waals surface area contributed by atoms with Crippen LogP contribution in [0.5, 0.6) is 0 Å². The maximum absolute atomic E-state index is 11.2. The van der Waals surface area contributed by atoms with Crippen LogP contribution in [-0.2, 0) is 0 Å². The van der Waals surface area contributed by atoms with Gasteiger partial charge in [0.05, 0.1) is 24.1 Å². The minimum absolute atomic E-state index is 0.447. The second kappa shape index (κ2) is 4.16. The Bertz CT molecular complexity index is 760. The van der Waals surface area contributed by atoms with Crippen molar-refractivity contribution in [3.63, 3.8) is 0 Å². The van der Waals surface area contributed by atoms with E-state index >= 15 is 0 Å². The molecule has 94 valence electrons. The third-order valence-electron chi connectivity index (χ3n) is 2.87. The number of fused-ring (bicyclic) bond motifs is 1. The van der Waals surface area contributed by atoms with E-state index in [0.29, 0.717) is 11.4 Å². The lowest BCUT2D eigenvalue weighted by atomic mass is 10.1. The molecular weight excluding hydrogens is 242 g/mol. The Morgan fingerprint density at radius 3 is 2.63 bits per heavy atom. The number of nitrogens with zero attached hydrogens (tertiary/aromatic N) is 4. The first-order valence-electron chi connectivity index (χ1n) is 5.72. The highest BCUT2D eigenvalue weighted by Gasteiger charge is 2.08. The molecule has 0 spiro atoms. The minimum Gasteiger partial charge on any atom is -0.366 e. The van der Waals surface area contributed by atoms with E-state index in [4.69, 9.17) is 5.73 Å². The molecule has 1 aromatic carbocycles. The summed E-state index contributed by atoms with van der Waals surface area (Å²) in [5.41, 5.74) is 7.27. The summed E-state index contributed by atoms with van der Waals surface area (Å²) in [5, 5.41) is 5.20. The lowest BCUT2D eigenvalue weighted by Gasteiger charge is -2.03. The van der Waals surface area contributed by atoms with Crippen molar-refractivity contribution < 1.29 is 4.79 Å². The Kier molecular flexibility index (Phi) is 2.49. The van der Waals surface area contributed by atoms with Gasteiger partial charge in [-0.25, -0.2) is 14.6 Å². The second-order valence-corrected chi connectivity index (χ2v) is 4.18. The van der Waals surface area contributed by atoms with Crippen LogP contribution < -0.4 is 5.73 Å². The third kappa shape index (κ3) is 1.93. The van der Waals surface area contributed by atoms with Gasteiger partial charge in [-0.05, 0) is 19.1 Å². The predicted molar refractivity (Wildman–Crippen MR) is 69.9 cm³/mol. The minimum atomic E-state index is -0.463. The Morgan fingerprint density at radius 2 is 1.95 bits per heavy atom. The highest BCUT2D eigenvalue weighted by atomic mass is 16.1. The second-order valence-electron chi connectivity index (χ2n) is 4.18. The van der Waals surface area contributed by atoms with Crippen LogP contribution >= 0.6 is 0 Å². The largest absolute Gasteiger partial charge is 0.366 e. The van der Waals surface area contributed by atoms with Crippen molar-refractivity contribution in [1.82, 2.24) is 19.7 Å². The molecule has 6 nitrogen and oxygen atoms in total. The van der Waals surface area contributed by atoms with Crippen molar-refractivity contribution in [3.05, 3.63) is 48.2 Å². The van der Waals surface area contributed by atoms with Crippen LogP contribution in [0.3, 0.4) is 0 Å². The number of benzene rings is 1. The summed E-state index contributed by atoms with van der Waals surface area (Å²) in [6, 6.07) is 5.21. The number of hydrogen-bond acceptors (Lipinski definition) is 4. The molecule has 2 N–H and O–H groups in total. The Balaban J connectivity index is 2.21. The van der Waals surface area contributed by atoms with Gasteiger partial charge in [0.15, 0.2) is 0 Å². The highest BCUT2D eigenvalue weighted by molar-refractivity contribution is 5.97. The van der Waals surface area contributed by atoms with Crippen molar-refractivity contribution in [2.24, 2.45) is 5.73 Å². The van der Waals surface area contributed by atoms with E-state index in [1.807, 2.05) is 13.0 Å². The molecule has 0 aliphatic carbocycles. The molecule has 0 unspecified atom stereocenters. The summed E-state index contributed by atoms with van der Waals surface area (Å²) in [5.74, 6) is 0.229. The molecule has 0 aliphatic rings. The summed E-state index contributed by atoms with van der Waals surface area (Å²) in [6.07, 6.45) is 5.09. The van der Waals surface area contributed by atoms with Crippen molar-refractivity contribution in [3.8, 4) is 5.69 Å². The summed E-state index contributed by atoms with van der Waals surface area (Å²) < 4.78 is 1.68. The molecule has 2 aromatic heterocycles. The summed E-state index contributed by atoms with van der Waals surface area (Å²) in [6.45, 7) is 1.82. The molecule has 19 heavy (non-hydrogen) atoms. The van der Waals surface area contributed by atoms with Crippen molar-refractivity contribution in [1.29, 1.82) is 0 Å². The smallest absolute Gasteiger partial charge is 0.248 e. The lowest BCUT2D eigenvalue weighted by Crippen LogP contribution is -2.10. The van der Waals surface area contributed by atoms with E-state index in [2.05, 4.69) is 15.1 Å². The molecule has 0 atom stereocenters. The molecule has 6 heteroatoms. The maximum atomic E-state index is 11.2. The average Bonchev–Trinajstić information content (AvgIpc) is 2.82. The molecule has 0 radical (unpaired) electrons. The van der Waals surface area contributed by atoms with Gasteiger partial charge in [0, 0.05) is 10.9 Å². The van der Waals surface area contributed by atoms with E-state index < -0.39 is 5.91 Å². The number of carbonyl (C=O) groups is 1. The fourth-order valence-electron chi connectivity index (χ4n) is 1.87. The van der Waals surface area contributed by atoms with E-state index in [1.165, 1.54) is 0 Å². The molecule has 0 aliphatic heterocycles. The van der Waals surface area contributed by atoms with E-state index in [-0.39, 0.29) is 0 Å². The molecular formula is C13H11N5O. The van der Waals surface area contributed by atoms with Gasteiger partial charge in [-0.3, -0.25) is 4.79 Å². The zero-order valence-electron chi connectivity index (χ0n) is 10.2. The molecule has 3 rings (SSSR count). The first-order valence-corrected chi connectivity index (χ1v) is 5.72. The number of hydrogen-bond donors (Lipinski definition) is 1. The van der Waals surface area contributed by atoms with Gasteiger partial charge < -0.3 is 5.73 Å². The van der Waals surface area contributed by atoms with Crippen molar-refractivity contribution in [2.75, 3.05) is 0 Å². The molecule has 1 amide bonds. The topological polar surface area (TPSA) is 86.7 Å². The number of amides is 1. The highest BCUT2D eigenvalue weighted by Crippen LogP contribution is 2.18. The zero-order chi connectivity index (χ0) is 13.4. The monoisotopic (exact) mass is 253 g/mol. The molecule has 0 bridgehead atoms. The third-order valence-corrected chi connectivity index (χ3v) is 2.87. The van der Waals surface area contributed by atoms with Crippen molar-refractivity contribution in [2.45, 2.75) is 6.92 Å².